The fraction of sp³-hybridized carbons (Fsp3) is 0.632. The van der Waals surface area contributed by atoms with Gasteiger partial charge in [-0.2, -0.15) is 4.31 Å². The summed E-state index contributed by atoms with van der Waals surface area (Å²) in [5, 5.41) is 2.90. The molecular weight excluding hydrogens is 350 g/mol. The fourth-order valence-corrected chi connectivity index (χ4v) is 4.92. The van der Waals surface area contributed by atoms with Gasteiger partial charge < -0.3 is 5.32 Å². The third-order valence-electron chi connectivity index (χ3n) is 4.93. The average Bonchev–Trinajstić information content (AvgIpc) is 2.57. The summed E-state index contributed by atoms with van der Waals surface area (Å²) in [6.45, 7) is 10.8. The van der Waals surface area contributed by atoms with Crippen molar-refractivity contribution in [3.63, 3.8) is 0 Å². The van der Waals surface area contributed by atoms with Crippen LogP contribution in [0.5, 0.6) is 0 Å². The van der Waals surface area contributed by atoms with Crippen LogP contribution in [0.1, 0.15) is 39.2 Å². The van der Waals surface area contributed by atoms with Gasteiger partial charge in [-0.25, -0.2) is 8.42 Å². The van der Waals surface area contributed by atoms with Crippen LogP contribution in [0.2, 0.25) is 0 Å². The molecular formula is C19H31N3O3S. The van der Waals surface area contributed by atoms with Crippen molar-refractivity contribution >= 4 is 21.6 Å². The molecule has 0 radical (unpaired) electrons. The Kier molecular flexibility index (Phi) is 7.20. The van der Waals surface area contributed by atoms with Crippen LogP contribution in [-0.4, -0.2) is 56.3 Å². The van der Waals surface area contributed by atoms with Crippen molar-refractivity contribution in [1.82, 2.24) is 9.21 Å². The molecule has 6 nitrogen and oxygen atoms in total. The number of nitrogens with zero attached hydrogens (tertiary/aromatic N) is 2. The minimum Gasteiger partial charge on any atom is -0.325 e. The molecule has 1 aromatic carbocycles. The number of aryl methyl sites for hydroxylation is 1. The zero-order valence-corrected chi connectivity index (χ0v) is 17.1. The largest absolute Gasteiger partial charge is 0.325 e. The molecule has 1 heterocycles. The number of carbonyl (C=O) groups excluding carboxylic acids is 1. The molecule has 0 aliphatic carbocycles. The molecule has 0 bridgehead atoms. The van der Waals surface area contributed by atoms with Crippen molar-refractivity contribution in [2.45, 2.75) is 45.4 Å². The maximum absolute atomic E-state index is 12.7. The Labute approximate surface area is 157 Å². The first-order chi connectivity index (χ1) is 12.3. The number of piperidine rings is 1. The number of amides is 1. The summed E-state index contributed by atoms with van der Waals surface area (Å²) < 4.78 is 26.8. The number of hydrogen-bond donors (Lipinski definition) is 1. The minimum absolute atomic E-state index is 0.0976. The van der Waals surface area contributed by atoms with Crippen LogP contribution in [0, 0.1) is 12.8 Å². The number of likely N-dealkylation sites (tertiary alicyclic amines) is 1. The predicted molar refractivity (Wildman–Crippen MR) is 105 cm³/mol. The summed E-state index contributed by atoms with van der Waals surface area (Å²) in [7, 11) is -3.54. The number of nitrogens with one attached hydrogen (secondary N) is 1. The minimum atomic E-state index is -3.54. The molecule has 146 valence electrons. The molecule has 1 aliphatic heterocycles. The van der Waals surface area contributed by atoms with Crippen molar-refractivity contribution in [3.05, 3.63) is 23.8 Å². The standard InChI is InChI=1S/C19H31N3O3S/c1-5-22(6-2)26(24,25)17-10-9-16(4)18(12-17)20-19(23)14-21-11-7-8-15(3)13-21/h9-10,12,15H,5-8,11,13-14H2,1-4H3,(H,20,23)/t15-/m0/s1. The maximum atomic E-state index is 12.7. The van der Waals surface area contributed by atoms with Gasteiger partial charge in [0.15, 0.2) is 0 Å². The van der Waals surface area contributed by atoms with Crippen LogP contribution in [0.3, 0.4) is 0 Å². The summed E-state index contributed by atoms with van der Waals surface area (Å²) in [5.41, 5.74) is 1.41. The second kappa shape index (κ2) is 8.97. The van der Waals surface area contributed by atoms with E-state index in [1.165, 1.54) is 10.7 Å². The topological polar surface area (TPSA) is 69.7 Å². The zero-order valence-electron chi connectivity index (χ0n) is 16.3. The number of benzene rings is 1. The van der Waals surface area contributed by atoms with Gasteiger partial charge >= 0.3 is 0 Å². The normalized spacial score (nSPS) is 18.9. The van der Waals surface area contributed by atoms with Gasteiger partial charge in [-0.05, 0) is 49.9 Å². The first-order valence-electron chi connectivity index (χ1n) is 9.40. The Hall–Kier alpha value is -1.44. The van der Waals surface area contributed by atoms with Crippen LogP contribution in [0.15, 0.2) is 23.1 Å². The van der Waals surface area contributed by atoms with Crippen molar-refractivity contribution in [3.8, 4) is 0 Å². The maximum Gasteiger partial charge on any atom is 0.243 e. The molecule has 1 atom stereocenters. The first kappa shape index (κ1) is 20.9. The third kappa shape index (κ3) is 5.05. The number of hydrogen-bond acceptors (Lipinski definition) is 4. The van der Waals surface area contributed by atoms with E-state index in [-0.39, 0.29) is 10.8 Å². The molecule has 0 saturated carbocycles. The third-order valence-corrected chi connectivity index (χ3v) is 6.98. The molecule has 0 unspecified atom stereocenters. The van der Waals surface area contributed by atoms with Gasteiger partial charge in [-0.15, -0.1) is 0 Å². The van der Waals surface area contributed by atoms with Crippen molar-refractivity contribution in [2.24, 2.45) is 5.92 Å². The smallest absolute Gasteiger partial charge is 0.243 e. The Morgan fingerprint density at radius 3 is 2.62 bits per heavy atom. The van der Waals surface area contributed by atoms with Crippen molar-refractivity contribution < 1.29 is 13.2 Å². The first-order valence-corrected chi connectivity index (χ1v) is 10.8. The van der Waals surface area contributed by atoms with Gasteiger partial charge in [0.1, 0.15) is 0 Å². The van der Waals surface area contributed by atoms with Crippen LogP contribution in [-0.2, 0) is 14.8 Å². The molecule has 0 aromatic heterocycles. The predicted octanol–water partition coefficient (Wildman–Crippen LogP) is 2.70. The Balaban J connectivity index is 2.13. The molecule has 2 rings (SSSR count). The van der Waals surface area contributed by atoms with E-state index in [2.05, 4.69) is 17.1 Å². The van der Waals surface area contributed by atoms with Gasteiger partial charge in [0, 0.05) is 25.3 Å². The number of sulfonamides is 1. The van der Waals surface area contributed by atoms with Crippen molar-refractivity contribution in [2.75, 3.05) is 38.0 Å². The molecule has 1 aliphatic rings. The highest BCUT2D eigenvalue weighted by Gasteiger charge is 2.23. The molecule has 1 aromatic rings. The van der Waals surface area contributed by atoms with Gasteiger partial charge in [-0.3, -0.25) is 9.69 Å². The summed E-state index contributed by atoms with van der Waals surface area (Å²) in [4.78, 5) is 14.8. The lowest BCUT2D eigenvalue weighted by Crippen LogP contribution is -2.39. The summed E-state index contributed by atoms with van der Waals surface area (Å²) in [6, 6.07) is 4.92. The fourth-order valence-electron chi connectivity index (χ4n) is 3.43. The SMILES string of the molecule is CCN(CC)S(=O)(=O)c1ccc(C)c(NC(=O)CN2CCC[C@H](C)C2)c1. The summed E-state index contributed by atoms with van der Waals surface area (Å²) in [5.74, 6) is 0.514. The molecule has 7 heteroatoms. The van der Waals surface area contributed by atoms with E-state index in [1.54, 1.807) is 18.2 Å². The quantitative estimate of drug-likeness (QED) is 0.788. The van der Waals surface area contributed by atoms with E-state index >= 15 is 0 Å². The van der Waals surface area contributed by atoms with E-state index in [0.717, 1.165) is 25.1 Å². The van der Waals surface area contributed by atoms with Gasteiger partial charge in [0.25, 0.3) is 0 Å². The zero-order chi connectivity index (χ0) is 19.3. The lowest BCUT2D eigenvalue weighted by atomic mass is 10.0. The van der Waals surface area contributed by atoms with E-state index in [1.807, 2.05) is 20.8 Å². The van der Waals surface area contributed by atoms with Gasteiger partial charge in [-0.1, -0.05) is 26.8 Å². The molecule has 1 fully saturated rings. The monoisotopic (exact) mass is 381 g/mol. The van der Waals surface area contributed by atoms with E-state index in [9.17, 15) is 13.2 Å². The second-order valence-corrected chi connectivity index (χ2v) is 9.03. The number of carbonyl (C=O) groups is 1. The summed E-state index contributed by atoms with van der Waals surface area (Å²) >= 11 is 0. The van der Waals surface area contributed by atoms with E-state index in [4.69, 9.17) is 0 Å². The number of anilines is 1. The Bertz CT molecular complexity index is 730. The lowest BCUT2D eigenvalue weighted by Gasteiger charge is -2.30. The molecule has 1 N–H and O–H groups in total. The Morgan fingerprint density at radius 2 is 2.00 bits per heavy atom. The lowest BCUT2D eigenvalue weighted by molar-refractivity contribution is -0.117. The number of rotatable bonds is 7. The van der Waals surface area contributed by atoms with Crippen LogP contribution in [0.25, 0.3) is 0 Å². The average molecular weight is 382 g/mol. The highest BCUT2D eigenvalue weighted by molar-refractivity contribution is 7.89. The van der Waals surface area contributed by atoms with Crippen molar-refractivity contribution in [1.29, 1.82) is 0 Å². The van der Waals surface area contributed by atoms with Crippen LogP contribution in [0.4, 0.5) is 5.69 Å². The van der Waals surface area contributed by atoms with E-state index in [0.29, 0.717) is 31.2 Å². The van der Waals surface area contributed by atoms with E-state index < -0.39 is 10.0 Å². The van der Waals surface area contributed by atoms with Crippen LogP contribution < -0.4 is 5.32 Å². The van der Waals surface area contributed by atoms with Crippen LogP contribution >= 0.6 is 0 Å². The highest BCUT2D eigenvalue weighted by Crippen LogP contribution is 2.23. The Morgan fingerprint density at radius 1 is 1.31 bits per heavy atom. The van der Waals surface area contributed by atoms with Gasteiger partial charge in [0.2, 0.25) is 15.9 Å². The van der Waals surface area contributed by atoms with Gasteiger partial charge in [0.05, 0.1) is 11.4 Å². The summed E-state index contributed by atoms with van der Waals surface area (Å²) in [6.07, 6.45) is 2.33. The second-order valence-electron chi connectivity index (χ2n) is 7.10. The molecule has 0 spiro atoms. The molecule has 1 amide bonds. The molecule has 26 heavy (non-hydrogen) atoms. The molecule has 1 saturated heterocycles. The highest BCUT2D eigenvalue weighted by atomic mass is 32.2.